The molecule has 3 heterocycles. The molecule has 1 aliphatic rings. The van der Waals surface area contributed by atoms with E-state index in [0.29, 0.717) is 31.6 Å². The molecule has 0 N–H and O–H groups in total. The first-order chi connectivity index (χ1) is 15.7. The molecule has 1 aliphatic heterocycles. The van der Waals surface area contributed by atoms with Crippen LogP contribution in [0.5, 0.6) is 0 Å². The highest BCUT2D eigenvalue weighted by Crippen LogP contribution is 2.29. The smallest absolute Gasteiger partial charge is 0.381 e. The number of rotatable bonds is 5. The third-order valence-corrected chi connectivity index (χ3v) is 5.39. The Morgan fingerprint density at radius 2 is 1.97 bits per heavy atom. The van der Waals surface area contributed by atoms with E-state index in [9.17, 15) is 22.4 Å². The molecule has 4 rings (SSSR count). The van der Waals surface area contributed by atoms with Crippen LogP contribution in [-0.2, 0) is 24.5 Å². The van der Waals surface area contributed by atoms with Gasteiger partial charge < -0.3 is 14.2 Å². The first kappa shape index (κ1) is 22.8. The highest BCUT2D eigenvalue weighted by Gasteiger charge is 2.35. The van der Waals surface area contributed by atoms with Crippen LogP contribution < -0.4 is 0 Å². The van der Waals surface area contributed by atoms with Gasteiger partial charge in [0.1, 0.15) is 11.5 Å². The van der Waals surface area contributed by atoms with Crippen molar-refractivity contribution in [2.45, 2.75) is 31.6 Å². The predicted octanol–water partition coefficient (Wildman–Crippen LogP) is 3.86. The van der Waals surface area contributed by atoms with E-state index in [1.165, 1.54) is 24.5 Å². The van der Waals surface area contributed by atoms with Gasteiger partial charge in [-0.3, -0.25) is 4.79 Å². The summed E-state index contributed by atoms with van der Waals surface area (Å²) in [5.41, 5.74) is 0.536. The van der Waals surface area contributed by atoms with Crippen molar-refractivity contribution in [1.82, 2.24) is 24.4 Å². The molecule has 1 fully saturated rings. The van der Waals surface area contributed by atoms with Gasteiger partial charge in [-0.25, -0.2) is 19.3 Å². The second kappa shape index (κ2) is 9.26. The lowest BCUT2D eigenvalue weighted by Gasteiger charge is -2.34. The number of amides is 1. The largest absolute Gasteiger partial charge is 0.451 e. The van der Waals surface area contributed by atoms with Crippen molar-refractivity contribution in [2.75, 3.05) is 13.2 Å². The summed E-state index contributed by atoms with van der Waals surface area (Å²) in [5.74, 6) is -2.35. The van der Waals surface area contributed by atoms with Gasteiger partial charge in [0.25, 0.3) is 5.91 Å². The summed E-state index contributed by atoms with van der Waals surface area (Å²) in [6.07, 6.45) is 0.596. The van der Waals surface area contributed by atoms with Crippen LogP contribution in [0, 0.1) is 5.82 Å². The molecule has 3 aromatic rings. The van der Waals surface area contributed by atoms with Gasteiger partial charge in [0.2, 0.25) is 5.82 Å². The van der Waals surface area contributed by atoms with Gasteiger partial charge in [-0.15, -0.1) is 0 Å². The highest BCUT2D eigenvalue weighted by atomic mass is 19.4. The SMILES string of the molecule is Cn1cnc(C(=O)N(Cc2ccc(F)c(-c3ccnc(C(F)(F)F)n3)c2)C2CCOCC2)c1. The zero-order valence-electron chi connectivity index (χ0n) is 17.7. The van der Waals surface area contributed by atoms with Crippen molar-refractivity contribution in [3.63, 3.8) is 0 Å². The number of benzene rings is 1. The van der Waals surface area contributed by atoms with Crippen LogP contribution in [0.25, 0.3) is 11.3 Å². The number of alkyl halides is 3. The summed E-state index contributed by atoms with van der Waals surface area (Å²) < 4.78 is 60.7. The van der Waals surface area contributed by atoms with Crippen LogP contribution in [0.15, 0.2) is 43.0 Å². The molecule has 0 saturated carbocycles. The minimum atomic E-state index is -4.75. The fourth-order valence-corrected chi connectivity index (χ4v) is 3.74. The lowest BCUT2D eigenvalue weighted by Crippen LogP contribution is -2.43. The van der Waals surface area contributed by atoms with Crippen LogP contribution in [0.4, 0.5) is 17.6 Å². The summed E-state index contributed by atoms with van der Waals surface area (Å²) in [4.78, 5) is 25.7. The van der Waals surface area contributed by atoms with Gasteiger partial charge in [0, 0.05) is 50.8 Å². The van der Waals surface area contributed by atoms with E-state index in [4.69, 9.17) is 4.74 Å². The third-order valence-electron chi connectivity index (χ3n) is 5.39. The summed E-state index contributed by atoms with van der Waals surface area (Å²) in [6, 6.07) is 5.18. The number of carbonyl (C=O) groups is 1. The molecule has 0 spiro atoms. The zero-order valence-corrected chi connectivity index (χ0v) is 17.7. The van der Waals surface area contributed by atoms with Crippen LogP contribution in [-0.4, -0.2) is 49.6 Å². The maximum Gasteiger partial charge on any atom is 0.451 e. The molecule has 11 heteroatoms. The number of imidazole rings is 1. The number of aryl methyl sites for hydroxylation is 1. The molecule has 174 valence electrons. The summed E-state index contributed by atoms with van der Waals surface area (Å²) in [7, 11) is 1.76. The Hall–Kier alpha value is -3.34. The standard InChI is InChI=1S/C22H21F4N5O2/c1-30-12-19(28-13-30)20(32)31(15-5-8-33-9-6-15)11-14-2-3-17(23)16(10-14)18-4-7-27-21(29-18)22(24,25)26/h2-4,7,10,12-13,15H,5-6,8-9,11H2,1H3. The number of carbonyl (C=O) groups excluding carboxylic acids is 1. The first-order valence-electron chi connectivity index (χ1n) is 10.3. The zero-order chi connectivity index (χ0) is 23.6. The highest BCUT2D eigenvalue weighted by molar-refractivity contribution is 5.92. The molecule has 0 unspecified atom stereocenters. The Morgan fingerprint density at radius 1 is 1.21 bits per heavy atom. The first-order valence-corrected chi connectivity index (χ1v) is 10.3. The monoisotopic (exact) mass is 463 g/mol. The lowest BCUT2D eigenvalue weighted by atomic mass is 10.0. The van der Waals surface area contributed by atoms with Gasteiger partial charge in [-0.1, -0.05) is 6.07 Å². The van der Waals surface area contributed by atoms with Gasteiger partial charge in [0.05, 0.1) is 12.0 Å². The summed E-state index contributed by atoms with van der Waals surface area (Å²) >= 11 is 0. The second-order valence-electron chi connectivity index (χ2n) is 7.78. The Morgan fingerprint density at radius 3 is 2.64 bits per heavy atom. The van der Waals surface area contributed by atoms with Crippen LogP contribution in [0.3, 0.4) is 0 Å². The number of ether oxygens (including phenoxy) is 1. The second-order valence-corrected chi connectivity index (χ2v) is 7.78. The lowest BCUT2D eigenvalue weighted by molar-refractivity contribution is -0.144. The Kier molecular flexibility index (Phi) is 6.41. The number of nitrogens with zero attached hydrogens (tertiary/aromatic N) is 5. The van der Waals surface area contributed by atoms with Gasteiger partial charge in [0.15, 0.2) is 0 Å². The molecule has 0 atom stereocenters. The maximum atomic E-state index is 14.6. The number of aromatic nitrogens is 4. The van der Waals surface area contributed by atoms with E-state index in [-0.39, 0.29) is 35.4 Å². The van der Waals surface area contributed by atoms with E-state index >= 15 is 0 Å². The minimum Gasteiger partial charge on any atom is -0.381 e. The quantitative estimate of drug-likeness (QED) is 0.538. The molecule has 33 heavy (non-hydrogen) atoms. The molecule has 1 amide bonds. The van der Waals surface area contributed by atoms with Crippen LogP contribution >= 0.6 is 0 Å². The minimum absolute atomic E-state index is 0.0994. The topological polar surface area (TPSA) is 73.1 Å². The molecule has 1 aromatic carbocycles. The van der Waals surface area contributed by atoms with E-state index in [1.54, 1.807) is 22.7 Å². The van der Waals surface area contributed by atoms with Crippen molar-refractivity contribution in [3.05, 3.63) is 65.9 Å². The average Bonchev–Trinajstić information content (AvgIpc) is 3.24. The molecular weight excluding hydrogens is 442 g/mol. The fraction of sp³-hybridized carbons (Fsp3) is 0.364. The normalized spacial score (nSPS) is 14.9. The fourth-order valence-electron chi connectivity index (χ4n) is 3.74. The Bertz CT molecular complexity index is 1140. The number of halogens is 4. The number of hydrogen-bond donors (Lipinski definition) is 0. The maximum absolute atomic E-state index is 14.6. The third kappa shape index (κ3) is 5.19. The predicted molar refractivity (Wildman–Crippen MR) is 109 cm³/mol. The molecule has 0 aliphatic carbocycles. The van der Waals surface area contributed by atoms with Gasteiger partial charge in [-0.05, 0) is 36.6 Å². The molecule has 0 bridgehead atoms. The molecule has 7 nitrogen and oxygen atoms in total. The van der Waals surface area contributed by atoms with Gasteiger partial charge in [-0.2, -0.15) is 13.2 Å². The molecule has 1 saturated heterocycles. The average molecular weight is 463 g/mol. The van der Waals surface area contributed by atoms with Crippen molar-refractivity contribution in [2.24, 2.45) is 7.05 Å². The van der Waals surface area contributed by atoms with Crippen molar-refractivity contribution >= 4 is 5.91 Å². The summed E-state index contributed by atoms with van der Waals surface area (Å²) in [5, 5.41) is 0. The van der Waals surface area contributed by atoms with E-state index in [1.807, 2.05) is 0 Å². The van der Waals surface area contributed by atoms with Crippen molar-refractivity contribution in [1.29, 1.82) is 0 Å². The van der Waals surface area contributed by atoms with Gasteiger partial charge >= 0.3 is 6.18 Å². The van der Waals surface area contributed by atoms with Crippen molar-refractivity contribution < 1.29 is 27.1 Å². The van der Waals surface area contributed by atoms with E-state index in [2.05, 4.69) is 15.0 Å². The summed E-state index contributed by atoms with van der Waals surface area (Å²) in [6.45, 7) is 1.14. The Labute approximate surface area is 187 Å². The van der Waals surface area contributed by atoms with E-state index < -0.39 is 17.8 Å². The Balaban J connectivity index is 1.66. The molecular formula is C22H21F4N5O2. The molecule has 2 aromatic heterocycles. The van der Waals surface area contributed by atoms with Crippen molar-refractivity contribution in [3.8, 4) is 11.3 Å². The molecule has 0 radical (unpaired) electrons. The van der Waals surface area contributed by atoms with Crippen LogP contribution in [0.1, 0.15) is 34.7 Å². The van der Waals surface area contributed by atoms with Crippen LogP contribution in [0.2, 0.25) is 0 Å². The van der Waals surface area contributed by atoms with E-state index in [0.717, 1.165) is 12.3 Å². The number of hydrogen-bond acceptors (Lipinski definition) is 5.